The molecule has 1 amide bonds. The van der Waals surface area contributed by atoms with Crippen molar-refractivity contribution in [2.75, 3.05) is 50.1 Å². The van der Waals surface area contributed by atoms with Gasteiger partial charge in [0.2, 0.25) is 0 Å². The maximum Gasteiger partial charge on any atom is 0.257 e. The van der Waals surface area contributed by atoms with Crippen LogP contribution in [-0.4, -0.2) is 55.7 Å². The average Bonchev–Trinajstić information content (AvgIpc) is 2.85. The molecule has 32 heavy (non-hydrogen) atoms. The number of anilines is 3. The zero-order chi connectivity index (χ0) is 22.3. The number of ether oxygens (including phenoxy) is 2. The minimum absolute atomic E-state index is 0.0168. The second-order valence-electron chi connectivity index (χ2n) is 7.46. The maximum absolute atomic E-state index is 13.3. The number of pyridine rings is 1. The third kappa shape index (κ3) is 4.94. The van der Waals surface area contributed by atoms with Crippen molar-refractivity contribution in [3.63, 3.8) is 0 Å². The molecule has 2 aromatic carbocycles. The SMILES string of the molecule is CCOc1ccc(Nc2ncccc2C(=O)N2CCN(c3cccc(OC)c3)CC2)cc1. The summed E-state index contributed by atoms with van der Waals surface area (Å²) in [7, 11) is 1.67. The lowest BCUT2D eigenvalue weighted by Crippen LogP contribution is -2.48. The Morgan fingerprint density at radius 3 is 2.50 bits per heavy atom. The highest BCUT2D eigenvalue weighted by Gasteiger charge is 2.24. The van der Waals surface area contributed by atoms with Gasteiger partial charge in [0.15, 0.2) is 0 Å². The summed E-state index contributed by atoms with van der Waals surface area (Å²) < 4.78 is 10.8. The molecule has 0 bridgehead atoms. The lowest BCUT2D eigenvalue weighted by molar-refractivity contribution is 0.0747. The molecular formula is C25H28N4O3. The van der Waals surface area contributed by atoms with E-state index in [0.717, 1.165) is 36.0 Å². The monoisotopic (exact) mass is 432 g/mol. The van der Waals surface area contributed by atoms with Crippen LogP contribution in [0.3, 0.4) is 0 Å². The van der Waals surface area contributed by atoms with Crippen LogP contribution in [0.25, 0.3) is 0 Å². The summed E-state index contributed by atoms with van der Waals surface area (Å²) in [4.78, 5) is 21.9. The Morgan fingerprint density at radius 2 is 1.78 bits per heavy atom. The fraction of sp³-hybridized carbons (Fsp3) is 0.280. The molecule has 1 aromatic heterocycles. The molecule has 0 radical (unpaired) electrons. The first-order chi connectivity index (χ1) is 15.7. The first-order valence-electron chi connectivity index (χ1n) is 10.8. The smallest absolute Gasteiger partial charge is 0.257 e. The topological polar surface area (TPSA) is 66.9 Å². The minimum Gasteiger partial charge on any atom is -0.497 e. The first kappa shape index (κ1) is 21.5. The molecule has 7 heteroatoms. The van der Waals surface area contributed by atoms with Crippen LogP contribution >= 0.6 is 0 Å². The average molecular weight is 433 g/mol. The van der Waals surface area contributed by atoms with Crippen LogP contribution in [0, 0.1) is 0 Å². The number of amides is 1. The van der Waals surface area contributed by atoms with E-state index in [-0.39, 0.29) is 5.91 Å². The molecule has 1 aliphatic rings. The molecule has 1 aliphatic heterocycles. The van der Waals surface area contributed by atoms with Crippen LogP contribution in [-0.2, 0) is 0 Å². The van der Waals surface area contributed by atoms with Crippen molar-refractivity contribution >= 4 is 23.1 Å². The minimum atomic E-state index is -0.0168. The number of nitrogens with one attached hydrogen (secondary N) is 1. The number of rotatable bonds is 7. The Hall–Kier alpha value is -3.74. The second kappa shape index (κ2) is 10.0. The Balaban J connectivity index is 1.43. The molecule has 7 nitrogen and oxygen atoms in total. The van der Waals surface area contributed by atoms with Crippen LogP contribution in [0.15, 0.2) is 66.9 Å². The second-order valence-corrected chi connectivity index (χ2v) is 7.46. The highest BCUT2D eigenvalue weighted by Crippen LogP contribution is 2.25. The van der Waals surface area contributed by atoms with Gasteiger partial charge in [0, 0.05) is 49.8 Å². The molecular weight excluding hydrogens is 404 g/mol. The summed E-state index contributed by atoms with van der Waals surface area (Å²) >= 11 is 0. The van der Waals surface area contributed by atoms with Crippen LogP contribution in [0.2, 0.25) is 0 Å². The molecule has 0 spiro atoms. The van der Waals surface area contributed by atoms with Crippen LogP contribution in [0.5, 0.6) is 11.5 Å². The van der Waals surface area contributed by atoms with E-state index in [0.29, 0.717) is 31.1 Å². The zero-order valence-corrected chi connectivity index (χ0v) is 18.5. The standard InChI is InChI=1S/C25H28N4O3/c1-3-32-21-11-9-19(10-12-21)27-24-23(8-5-13-26-24)25(30)29-16-14-28(15-17-29)20-6-4-7-22(18-20)31-2/h4-13,18H,3,14-17H2,1-2H3,(H,26,27). The summed E-state index contributed by atoms with van der Waals surface area (Å²) in [5.74, 6) is 2.18. The summed E-state index contributed by atoms with van der Waals surface area (Å²) in [6.07, 6.45) is 1.69. The first-order valence-corrected chi connectivity index (χ1v) is 10.8. The fourth-order valence-corrected chi connectivity index (χ4v) is 3.76. The van der Waals surface area contributed by atoms with Crippen molar-refractivity contribution in [3.8, 4) is 11.5 Å². The number of methoxy groups -OCH3 is 1. The van der Waals surface area contributed by atoms with E-state index < -0.39 is 0 Å². The van der Waals surface area contributed by atoms with Gasteiger partial charge in [-0.2, -0.15) is 0 Å². The summed E-state index contributed by atoms with van der Waals surface area (Å²) in [6.45, 7) is 5.40. The number of hydrogen-bond acceptors (Lipinski definition) is 6. The van der Waals surface area contributed by atoms with Gasteiger partial charge < -0.3 is 24.6 Å². The van der Waals surface area contributed by atoms with Crippen molar-refractivity contribution in [2.24, 2.45) is 0 Å². The number of benzene rings is 2. The van der Waals surface area contributed by atoms with Gasteiger partial charge >= 0.3 is 0 Å². The Bertz CT molecular complexity index is 1050. The Labute approximate surface area is 188 Å². The van der Waals surface area contributed by atoms with E-state index in [4.69, 9.17) is 9.47 Å². The number of nitrogens with zero attached hydrogens (tertiary/aromatic N) is 3. The molecule has 2 heterocycles. The zero-order valence-electron chi connectivity index (χ0n) is 18.5. The van der Waals surface area contributed by atoms with Gasteiger partial charge in [-0.15, -0.1) is 0 Å². The number of hydrogen-bond donors (Lipinski definition) is 1. The van der Waals surface area contributed by atoms with E-state index in [1.54, 1.807) is 19.4 Å². The molecule has 0 saturated carbocycles. The van der Waals surface area contributed by atoms with Gasteiger partial charge in [-0.05, 0) is 55.5 Å². The highest BCUT2D eigenvalue weighted by atomic mass is 16.5. The fourth-order valence-electron chi connectivity index (χ4n) is 3.76. The van der Waals surface area contributed by atoms with E-state index in [9.17, 15) is 4.79 Å². The number of carbonyl (C=O) groups excluding carboxylic acids is 1. The molecule has 0 unspecified atom stereocenters. The van der Waals surface area contributed by atoms with Crippen molar-refractivity contribution < 1.29 is 14.3 Å². The predicted molar refractivity (Wildman–Crippen MR) is 126 cm³/mol. The van der Waals surface area contributed by atoms with Gasteiger partial charge in [0.1, 0.15) is 17.3 Å². The number of aromatic nitrogens is 1. The highest BCUT2D eigenvalue weighted by molar-refractivity contribution is 5.99. The van der Waals surface area contributed by atoms with Gasteiger partial charge in [-0.3, -0.25) is 4.79 Å². The predicted octanol–water partition coefficient (Wildman–Crippen LogP) is 4.19. The summed E-state index contributed by atoms with van der Waals surface area (Å²) in [5, 5.41) is 3.27. The van der Waals surface area contributed by atoms with Gasteiger partial charge in [0.05, 0.1) is 19.3 Å². The molecule has 0 atom stereocenters. The van der Waals surface area contributed by atoms with E-state index in [1.165, 1.54) is 0 Å². The van der Waals surface area contributed by atoms with E-state index >= 15 is 0 Å². The lowest BCUT2D eigenvalue weighted by Gasteiger charge is -2.36. The number of piperazine rings is 1. The van der Waals surface area contributed by atoms with Crippen molar-refractivity contribution in [2.45, 2.75) is 6.92 Å². The van der Waals surface area contributed by atoms with Gasteiger partial charge in [-0.1, -0.05) is 6.07 Å². The normalized spacial score (nSPS) is 13.6. The third-order valence-corrected chi connectivity index (χ3v) is 5.45. The molecule has 0 aliphatic carbocycles. The maximum atomic E-state index is 13.3. The lowest BCUT2D eigenvalue weighted by atomic mass is 10.1. The Morgan fingerprint density at radius 1 is 1.00 bits per heavy atom. The Kier molecular flexibility index (Phi) is 6.75. The summed E-state index contributed by atoms with van der Waals surface area (Å²) in [6, 6.07) is 19.3. The van der Waals surface area contributed by atoms with Crippen molar-refractivity contribution in [1.29, 1.82) is 0 Å². The molecule has 166 valence electrons. The third-order valence-electron chi connectivity index (χ3n) is 5.45. The van der Waals surface area contributed by atoms with E-state index in [1.807, 2.05) is 60.4 Å². The van der Waals surface area contributed by atoms with E-state index in [2.05, 4.69) is 21.3 Å². The molecule has 3 aromatic rings. The largest absolute Gasteiger partial charge is 0.497 e. The molecule has 1 saturated heterocycles. The van der Waals surface area contributed by atoms with Crippen molar-refractivity contribution in [3.05, 3.63) is 72.4 Å². The molecule has 1 fully saturated rings. The van der Waals surface area contributed by atoms with Gasteiger partial charge in [0.25, 0.3) is 5.91 Å². The van der Waals surface area contributed by atoms with Crippen LogP contribution in [0.4, 0.5) is 17.2 Å². The van der Waals surface area contributed by atoms with Crippen LogP contribution in [0.1, 0.15) is 17.3 Å². The van der Waals surface area contributed by atoms with Crippen LogP contribution < -0.4 is 19.7 Å². The molecule has 4 rings (SSSR count). The molecule has 1 N–H and O–H groups in total. The summed E-state index contributed by atoms with van der Waals surface area (Å²) in [5.41, 5.74) is 2.52. The number of carbonyl (C=O) groups is 1. The quantitative estimate of drug-likeness (QED) is 0.604. The van der Waals surface area contributed by atoms with Crippen molar-refractivity contribution in [1.82, 2.24) is 9.88 Å². The van der Waals surface area contributed by atoms with Gasteiger partial charge in [-0.25, -0.2) is 4.98 Å².